The van der Waals surface area contributed by atoms with Crippen LogP contribution in [-0.2, 0) is 10.8 Å². The highest BCUT2D eigenvalue weighted by Gasteiger charge is 2.45. The van der Waals surface area contributed by atoms with Gasteiger partial charge in [-0.15, -0.1) is 0 Å². The molecule has 4 aliphatic rings. The second-order valence-corrected chi connectivity index (χ2v) is 17.1. The van der Waals surface area contributed by atoms with Crippen LogP contribution in [0.4, 0.5) is 0 Å². The molecule has 0 aliphatic heterocycles. The number of hydrogen-bond acceptors (Lipinski definition) is 0. The number of fused-ring (bicyclic) bond motifs is 12. The Balaban J connectivity index is 1.16. The molecule has 0 bridgehead atoms. The van der Waals surface area contributed by atoms with E-state index in [0.29, 0.717) is 0 Å². The van der Waals surface area contributed by atoms with Crippen LogP contribution in [0, 0.1) is 3.57 Å². The molecule has 2 fully saturated rings. The van der Waals surface area contributed by atoms with Crippen LogP contribution in [0.2, 0.25) is 0 Å². The van der Waals surface area contributed by atoms with E-state index in [-0.39, 0.29) is 10.8 Å². The minimum absolute atomic E-state index is 0.136. The quantitative estimate of drug-likeness (QED) is 0.121. The maximum Gasteiger partial charge on any atom is 0.0215 e. The highest BCUT2D eigenvalue weighted by Crippen LogP contribution is 2.59. The number of halogens is 1. The topological polar surface area (TPSA) is 0 Å². The third-order valence-corrected chi connectivity index (χ3v) is 14.2. The summed E-state index contributed by atoms with van der Waals surface area (Å²) < 4.78 is 1.28. The number of hydrogen-bond donors (Lipinski definition) is 0. The van der Waals surface area contributed by atoms with E-state index < -0.39 is 0 Å². The lowest BCUT2D eigenvalue weighted by Gasteiger charge is -2.36. The molecule has 2 spiro atoms. The maximum absolute atomic E-state index is 2.61. The Kier molecular flexibility index (Phi) is 6.80. The summed E-state index contributed by atoms with van der Waals surface area (Å²) in [7, 11) is 0. The Morgan fingerprint density at radius 3 is 1.31 bits per heavy atom. The van der Waals surface area contributed by atoms with Crippen molar-refractivity contribution in [3.05, 3.63) is 153 Å². The van der Waals surface area contributed by atoms with Crippen molar-refractivity contribution in [3.8, 4) is 44.5 Å². The van der Waals surface area contributed by atoms with Crippen LogP contribution in [-0.4, -0.2) is 0 Å². The first-order valence-electron chi connectivity index (χ1n) is 19.3. The van der Waals surface area contributed by atoms with Gasteiger partial charge in [0, 0.05) is 14.4 Å². The van der Waals surface area contributed by atoms with Crippen molar-refractivity contribution in [2.75, 3.05) is 0 Å². The van der Waals surface area contributed by atoms with E-state index in [4.69, 9.17) is 0 Å². The summed E-state index contributed by atoms with van der Waals surface area (Å²) in [4.78, 5) is 0. The SMILES string of the molecule is Ic1ccc2c(-c3ccc4c(c3)C3(CCCCC3)c3ccccc3-4)c3ccccc3c(-c3ccc4c(c3)C3(CCCCC3)c3ccccc3-4)c2c1. The van der Waals surface area contributed by atoms with E-state index in [1.807, 2.05) is 0 Å². The molecule has 0 unspecified atom stereocenters. The highest BCUT2D eigenvalue weighted by atomic mass is 127. The first-order chi connectivity index (χ1) is 25.2. The molecule has 2 saturated carbocycles. The second kappa shape index (κ2) is 11.4. The van der Waals surface area contributed by atoms with Crippen molar-refractivity contribution in [1.82, 2.24) is 0 Å². The van der Waals surface area contributed by atoms with Gasteiger partial charge in [0.05, 0.1) is 0 Å². The van der Waals surface area contributed by atoms with Crippen LogP contribution in [0.3, 0.4) is 0 Å². The Hall–Kier alpha value is -4.21. The van der Waals surface area contributed by atoms with Gasteiger partial charge in [0.2, 0.25) is 0 Å². The molecular formula is C50H41I. The zero-order valence-corrected chi connectivity index (χ0v) is 31.2. The Bertz CT molecular complexity index is 2560. The minimum atomic E-state index is 0.136. The third kappa shape index (κ3) is 4.25. The predicted octanol–water partition coefficient (Wildman–Crippen LogP) is 14.4. The maximum atomic E-state index is 2.61. The molecule has 0 amide bonds. The number of benzene rings is 7. The molecule has 7 aromatic rings. The Labute approximate surface area is 315 Å². The van der Waals surface area contributed by atoms with Crippen molar-refractivity contribution in [2.45, 2.75) is 75.0 Å². The summed E-state index contributed by atoms with van der Waals surface area (Å²) in [5.41, 5.74) is 17.8. The summed E-state index contributed by atoms with van der Waals surface area (Å²) in [5.74, 6) is 0. The zero-order chi connectivity index (χ0) is 33.7. The molecule has 0 radical (unpaired) electrons. The van der Waals surface area contributed by atoms with E-state index in [1.54, 1.807) is 22.3 Å². The van der Waals surface area contributed by atoms with E-state index in [2.05, 4.69) is 150 Å². The Morgan fingerprint density at radius 2 is 0.784 bits per heavy atom. The Morgan fingerprint density at radius 1 is 0.353 bits per heavy atom. The lowest BCUT2D eigenvalue weighted by Crippen LogP contribution is -2.28. The molecule has 11 rings (SSSR count). The minimum Gasteiger partial charge on any atom is -0.0619 e. The standard InChI is InChI=1S/C50H41I/c51-34-21-24-41-42(31-34)48(33-20-23-38-36-14-6-8-18-44(36)50(46(38)30-33)27-11-2-12-28-50)40-16-4-3-15-39(40)47(41)32-19-22-37-35-13-5-7-17-43(35)49(45(37)29-32)25-9-1-10-26-49/h3-8,13-24,29-31H,1-2,9-12,25-28H2. The predicted molar refractivity (Wildman–Crippen MR) is 224 cm³/mol. The van der Waals surface area contributed by atoms with Gasteiger partial charge in [0.1, 0.15) is 0 Å². The van der Waals surface area contributed by atoms with Crippen LogP contribution in [0.25, 0.3) is 66.1 Å². The van der Waals surface area contributed by atoms with Crippen molar-refractivity contribution in [2.24, 2.45) is 0 Å². The molecule has 1 heteroatoms. The molecule has 0 heterocycles. The molecule has 7 aromatic carbocycles. The van der Waals surface area contributed by atoms with Gasteiger partial charge in [-0.2, -0.15) is 0 Å². The summed E-state index contributed by atoms with van der Waals surface area (Å²) in [6, 6.07) is 50.0. The highest BCUT2D eigenvalue weighted by molar-refractivity contribution is 14.1. The summed E-state index contributed by atoms with van der Waals surface area (Å²) in [6.45, 7) is 0. The summed E-state index contributed by atoms with van der Waals surface area (Å²) >= 11 is 2.52. The largest absolute Gasteiger partial charge is 0.0619 e. The smallest absolute Gasteiger partial charge is 0.0215 e. The van der Waals surface area contributed by atoms with Gasteiger partial charge in [-0.25, -0.2) is 0 Å². The lowest BCUT2D eigenvalue weighted by molar-refractivity contribution is 0.353. The van der Waals surface area contributed by atoms with Gasteiger partial charge in [0.15, 0.2) is 0 Å². The van der Waals surface area contributed by atoms with Gasteiger partial charge in [-0.05, 0) is 161 Å². The van der Waals surface area contributed by atoms with Crippen LogP contribution in [0.15, 0.2) is 127 Å². The van der Waals surface area contributed by atoms with E-state index in [1.165, 1.54) is 134 Å². The molecule has 0 nitrogen and oxygen atoms in total. The fourth-order valence-corrected chi connectivity index (χ4v) is 11.9. The van der Waals surface area contributed by atoms with Crippen LogP contribution >= 0.6 is 22.6 Å². The molecule has 0 saturated heterocycles. The lowest BCUT2D eigenvalue weighted by atomic mass is 9.67. The van der Waals surface area contributed by atoms with Crippen molar-refractivity contribution < 1.29 is 0 Å². The van der Waals surface area contributed by atoms with Gasteiger partial charge >= 0.3 is 0 Å². The monoisotopic (exact) mass is 768 g/mol. The van der Waals surface area contributed by atoms with Crippen molar-refractivity contribution in [1.29, 1.82) is 0 Å². The summed E-state index contributed by atoms with van der Waals surface area (Å²) in [5, 5.41) is 5.42. The van der Waals surface area contributed by atoms with E-state index in [0.717, 1.165) is 0 Å². The van der Waals surface area contributed by atoms with E-state index in [9.17, 15) is 0 Å². The fourth-order valence-electron chi connectivity index (χ4n) is 11.4. The second-order valence-electron chi connectivity index (χ2n) is 15.9. The molecule has 0 aromatic heterocycles. The molecule has 248 valence electrons. The zero-order valence-electron chi connectivity index (χ0n) is 29.1. The fraction of sp³-hybridized carbons (Fsp3) is 0.240. The van der Waals surface area contributed by atoms with Gasteiger partial charge in [-0.3, -0.25) is 0 Å². The van der Waals surface area contributed by atoms with Crippen LogP contribution in [0.5, 0.6) is 0 Å². The normalized spacial score (nSPS) is 17.8. The molecule has 51 heavy (non-hydrogen) atoms. The first kappa shape index (κ1) is 30.4. The molecule has 0 atom stereocenters. The molecule has 4 aliphatic carbocycles. The molecular weight excluding hydrogens is 727 g/mol. The van der Waals surface area contributed by atoms with Gasteiger partial charge in [0.25, 0.3) is 0 Å². The van der Waals surface area contributed by atoms with E-state index >= 15 is 0 Å². The molecule has 0 N–H and O–H groups in total. The average molecular weight is 769 g/mol. The van der Waals surface area contributed by atoms with Gasteiger partial charge < -0.3 is 0 Å². The third-order valence-electron chi connectivity index (χ3n) is 13.5. The van der Waals surface area contributed by atoms with Crippen LogP contribution in [0.1, 0.15) is 86.5 Å². The van der Waals surface area contributed by atoms with Crippen molar-refractivity contribution >= 4 is 44.1 Å². The van der Waals surface area contributed by atoms with Gasteiger partial charge in [-0.1, -0.05) is 142 Å². The first-order valence-corrected chi connectivity index (χ1v) is 20.4. The van der Waals surface area contributed by atoms with Crippen LogP contribution < -0.4 is 0 Å². The van der Waals surface area contributed by atoms with Crippen molar-refractivity contribution in [3.63, 3.8) is 0 Å². The summed E-state index contributed by atoms with van der Waals surface area (Å²) in [6.07, 6.45) is 13.0. The number of rotatable bonds is 2. The average Bonchev–Trinajstić information content (AvgIpc) is 3.60.